The SMILES string of the molecule is CC1=C(O)C(=O)[C@H](C)S1. The van der Waals surface area contributed by atoms with Crippen LogP contribution in [0.15, 0.2) is 10.7 Å². The number of hydrogen-bond donors (Lipinski definition) is 1. The standard InChI is InChI=1S/C6H8O2S/c1-3-5(7)6(8)4(2)9-3/h3,8H,1-2H3/t3-/m0/s1. The molecule has 0 aliphatic carbocycles. The summed E-state index contributed by atoms with van der Waals surface area (Å²) in [6.45, 7) is 3.54. The van der Waals surface area contributed by atoms with E-state index < -0.39 is 0 Å². The van der Waals surface area contributed by atoms with Gasteiger partial charge in [0.05, 0.1) is 5.25 Å². The molecule has 0 saturated carbocycles. The van der Waals surface area contributed by atoms with Crippen molar-refractivity contribution in [1.29, 1.82) is 0 Å². The molecule has 3 heteroatoms. The molecule has 2 nitrogen and oxygen atoms in total. The maximum Gasteiger partial charge on any atom is 0.210 e. The van der Waals surface area contributed by atoms with E-state index in [1.54, 1.807) is 13.8 Å². The lowest BCUT2D eigenvalue weighted by Crippen LogP contribution is -2.08. The highest BCUT2D eigenvalue weighted by Crippen LogP contribution is 2.32. The summed E-state index contributed by atoms with van der Waals surface area (Å²) < 4.78 is 0. The fourth-order valence-corrected chi connectivity index (χ4v) is 1.70. The summed E-state index contributed by atoms with van der Waals surface area (Å²) in [6.07, 6.45) is 0. The number of ketones is 1. The van der Waals surface area contributed by atoms with E-state index in [9.17, 15) is 4.79 Å². The molecule has 1 rings (SSSR count). The molecule has 0 aromatic heterocycles. The molecule has 1 aliphatic rings. The van der Waals surface area contributed by atoms with Gasteiger partial charge < -0.3 is 5.11 Å². The van der Waals surface area contributed by atoms with Crippen molar-refractivity contribution < 1.29 is 9.90 Å². The highest BCUT2D eigenvalue weighted by atomic mass is 32.2. The average Bonchev–Trinajstić information content (AvgIpc) is 1.98. The van der Waals surface area contributed by atoms with Crippen LogP contribution in [0, 0.1) is 0 Å². The van der Waals surface area contributed by atoms with Crippen LogP contribution < -0.4 is 0 Å². The Morgan fingerprint density at radius 3 is 2.33 bits per heavy atom. The lowest BCUT2D eigenvalue weighted by atomic mass is 10.2. The van der Waals surface area contributed by atoms with Crippen LogP contribution in [0.25, 0.3) is 0 Å². The van der Waals surface area contributed by atoms with E-state index in [1.165, 1.54) is 11.8 Å². The summed E-state index contributed by atoms with van der Waals surface area (Å²) in [5, 5.41) is 8.87. The molecule has 0 aromatic rings. The first-order valence-electron chi connectivity index (χ1n) is 2.73. The van der Waals surface area contributed by atoms with Gasteiger partial charge in [-0.15, -0.1) is 11.8 Å². The number of hydrogen-bond acceptors (Lipinski definition) is 3. The zero-order valence-electron chi connectivity index (χ0n) is 5.34. The molecular weight excluding hydrogens is 136 g/mol. The van der Waals surface area contributed by atoms with Crippen LogP contribution in [0.2, 0.25) is 0 Å². The first kappa shape index (κ1) is 6.68. The third kappa shape index (κ3) is 0.965. The highest BCUT2D eigenvalue weighted by Gasteiger charge is 2.27. The molecule has 0 aromatic carbocycles. The second-order valence-electron chi connectivity index (χ2n) is 2.03. The smallest absolute Gasteiger partial charge is 0.210 e. The second-order valence-corrected chi connectivity index (χ2v) is 3.58. The maximum atomic E-state index is 10.8. The van der Waals surface area contributed by atoms with Gasteiger partial charge in [0.2, 0.25) is 5.78 Å². The van der Waals surface area contributed by atoms with E-state index in [0.717, 1.165) is 4.91 Å². The summed E-state index contributed by atoms with van der Waals surface area (Å²) in [5.41, 5.74) is 0. The van der Waals surface area contributed by atoms with Gasteiger partial charge in [0.25, 0.3) is 0 Å². The molecule has 0 amide bonds. The van der Waals surface area contributed by atoms with Gasteiger partial charge >= 0.3 is 0 Å². The second kappa shape index (κ2) is 2.06. The molecule has 0 radical (unpaired) electrons. The largest absolute Gasteiger partial charge is 0.504 e. The van der Waals surface area contributed by atoms with Crippen LogP contribution >= 0.6 is 11.8 Å². The van der Waals surface area contributed by atoms with Gasteiger partial charge in [-0.3, -0.25) is 4.79 Å². The summed E-state index contributed by atoms with van der Waals surface area (Å²) in [6, 6.07) is 0. The molecule has 0 bridgehead atoms. The molecule has 0 unspecified atom stereocenters. The normalized spacial score (nSPS) is 27.8. The Labute approximate surface area is 57.9 Å². The third-order valence-electron chi connectivity index (χ3n) is 1.29. The van der Waals surface area contributed by atoms with Gasteiger partial charge in [-0.25, -0.2) is 0 Å². The van der Waals surface area contributed by atoms with Gasteiger partial charge in [-0.05, 0) is 13.8 Å². The Morgan fingerprint density at radius 2 is 2.22 bits per heavy atom. The first-order valence-corrected chi connectivity index (χ1v) is 3.61. The van der Waals surface area contributed by atoms with Crippen LogP contribution in [0.5, 0.6) is 0 Å². The molecule has 9 heavy (non-hydrogen) atoms. The zero-order chi connectivity index (χ0) is 7.02. The summed E-state index contributed by atoms with van der Waals surface area (Å²) >= 11 is 1.42. The fraction of sp³-hybridized carbons (Fsp3) is 0.500. The molecular formula is C6H8O2S. The minimum atomic E-state index is -0.141. The van der Waals surface area contributed by atoms with Gasteiger partial charge in [0.1, 0.15) is 0 Å². The van der Waals surface area contributed by atoms with Crippen LogP contribution in [-0.2, 0) is 4.79 Å². The number of Topliss-reactive ketones (excluding diaryl/α,β-unsaturated/α-hetero) is 1. The van der Waals surface area contributed by atoms with Gasteiger partial charge in [-0.1, -0.05) is 0 Å². The maximum absolute atomic E-state index is 10.8. The van der Waals surface area contributed by atoms with Crippen molar-refractivity contribution in [2.24, 2.45) is 0 Å². The molecule has 1 atom stereocenters. The lowest BCUT2D eigenvalue weighted by Gasteiger charge is -1.93. The van der Waals surface area contributed by atoms with E-state index in [-0.39, 0.29) is 16.8 Å². The van der Waals surface area contributed by atoms with E-state index in [1.807, 2.05) is 0 Å². The Bertz CT molecular complexity index is 183. The highest BCUT2D eigenvalue weighted by molar-refractivity contribution is 8.04. The van der Waals surface area contributed by atoms with E-state index in [4.69, 9.17) is 5.11 Å². The predicted molar refractivity (Wildman–Crippen MR) is 37.4 cm³/mol. The van der Waals surface area contributed by atoms with Crippen molar-refractivity contribution in [3.05, 3.63) is 10.7 Å². The van der Waals surface area contributed by atoms with Crippen LogP contribution in [-0.4, -0.2) is 16.1 Å². The first-order chi connectivity index (χ1) is 4.13. The number of allylic oxidation sites excluding steroid dienone is 2. The summed E-state index contributed by atoms with van der Waals surface area (Å²) in [5.74, 6) is -0.190. The Hall–Kier alpha value is -0.440. The molecule has 0 fully saturated rings. The monoisotopic (exact) mass is 144 g/mol. The quantitative estimate of drug-likeness (QED) is 0.559. The zero-order valence-corrected chi connectivity index (χ0v) is 6.16. The van der Waals surface area contributed by atoms with Gasteiger partial charge in [0.15, 0.2) is 5.76 Å². The van der Waals surface area contributed by atoms with Crippen molar-refractivity contribution in [2.45, 2.75) is 19.1 Å². The van der Waals surface area contributed by atoms with Crippen molar-refractivity contribution in [1.82, 2.24) is 0 Å². The van der Waals surface area contributed by atoms with Crippen LogP contribution in [0.1, 0.15) is 13.8 Å². The minimum Gasteiger partial charge on any atom is -0.504 e. The van der Waals surface area contributed by atoms with E-state index >= 15 is 0 Å². The van der Waals surface area contributed by atoms with Crippen molar-refractivity contribution in [3.63, 3.8) is 0 Å². The molecule has 1 N–H and O–H groups in total. The third-order valence-corrected chi connectivity index (χ3v) is 2.40. The Morgan fingerprint density at radius 1 is 1.67 bits per heavy atom. The number of carbonyl (C=O) groups excluding carboxylic acids is 1. The van der Waals surface area contributed by atoms with Crippen molar-refractivity contribution in [2.75, 3.05) is 0 Å². The number of aliphatic hydroxyl groups is 1. The van der Waals surface area contributed by atoms with Gasteiger partial charge in [0, 0.05) is 4.91 Å². The fourth-order valence-electron chi connectivity index (χ4n) is 0.741. The van der Waals surface area contributed by atoms with E-state index in [0.29, 0.717) is 0 Å². The summed E-state index contributed by atoms with van der Waals surface area (Å²) in [4.78, 5) is 11.5. The van der Waals surface area contributed by atoms with Crippen LogP contribution in [0.3, 0.4) is 0 Å². The van der Waals surface area contributed by atoms with Crippen molar-refractivity contribution in [3.8, 4) is 0 Å². The topological polar surface area (TPSA) is 37.3 Å². The molecule has 1 aliphatic heterocycles. The average molecular weight is 144 g/mol. The van der Waals surface area contributed by atoms with E-state index in [2.05, 4.69) is 0 Å². The lowest BCUT2D eigenvalue weighted by molar-refractivity contribution is -0.116. The van der Waals surface area contributed by atoms with Crippen LogP contribution in [0.4, 0.5) is 0 Å². The number of aliphatic hydroxyl groups excluding tert-OH is 1. The Balaban J connectivity index is 2.87. The predicted octanol–water partition coefficient (Wildman–Crippen LogP) is 1.48. The molecule has 0 spiro atoms. The number of thioether (sulfide) groups is 1. The summed E-state index contributed by atoms with van der Waals surface area (Å²) in [7, 11) is 0. The molecule has 50 valence electrons. The number of rotatable bonds is 0. The van der Waals surface area contributed by atoms with Gasteiger partial charge in [-0.2, -0.15) is 0 Å². The van der Waals surface area contributed by atoms with Crippen molar-refractivity contribution >= 4 is 17.5 Å². The molecule has 1 heterocycles. The minimum absolute atomic E-state index is 0.0486. The Kier molecular flexibility index (Phi) is 1.53. The number of carbonyl (C=O) groups is 1. The molecule has 0 saturated heterocycles.